The van der Waals surface area contributed by atoms with Crippen molar-refractivity contribution in [2.24, 2.45) is 25.9 Å². The standard InChI is InChI=1S/C23H38N6O/c1-26-13-7-24-22(26)15-19-3-9-28(10-4-19)17-21(30)18-29-11-5-20(6-12-29)16-23-25-8-14-27(23)2/h7-8,13-14,19-21,30H,3-6,9-12,15-18H2,1-2H3. The number of hydrogen-bond donors (Lipinski definition) is 1. The normalized spacial score (nSPS) is 20.4. The van der Waals surface area contributed by atoms with Crippen molar-refractivity contribution in [2.75, 3.05) is 39.3 Å². The Morgan fingerprint density at radius 2 is 1.20 bits per heavy atom. The van der Waals surface area contributed by atoms with Crippen molar-refractivity contribution in [2.45, 2.75) is 44.6 Å². The van der Waals surface area contributed by atoms with E-state index in [4.69, 9.17) is 0 Å². The monoisotopic (exact) mass is 414 g/mol. The van der Waals surface area contributed by atoms with Gasteiger partial charge in [-0.1, -0.05) is 0 Å². The van der Waals surface area contributed by atoms with E-state index in [0.29, 0.717) is 0 Å². The molecule has 7 heteroatoms. The van der Waals surface area contributed by atoms with E-state index in [1.807, 2.05) is 24.8 Å². The minimum Gasteiger partial charge on any atom is -0.390 e. The summed E-state index contributed by atoms with van der Waals surface area (Å²) in [6.45, 7) is 6.00. The van der Waals surface area contributed by atoms with Crippen LogP contribution in [0, 0.1) is 11.8 Å². The van der Waals surface area contributed by atoms with Crippen LogP contribution >= 0.6 is 0 Å². The van der Waals surface area contributed by atoms with Gasteiger partial charge in [0.25, 0.3) is 0 Å². The third-order valence-corrected chi connectivity index (χ3v) is 7.14. The van der Waals surface area contributed by atoms with Crippen molar-refractivity contribution in [1.82, 2.24) is 28.9 Å². The molecule has 0 spiro atoms. The molecule has 0 radical (unpaired) electrons. The molecule has 30 heavy (non-hydrogen) atoms. The fraction of sp³-hybridized carbons (Fsp3) is 0.739. The van der Waals surface area contributed by atoms with Crippen LogP contribution < -0.4 is 0 Å². The van der Waals surface area contributed by atoms with E-state index in [9.17, 15) is 5.11 Å². The molecule has 1 N–H and O–H groups in total. The molecule has 2 aliphatic rings. The number of piperidine rings is 2. The average Bonchev–Trinajstić information content (AvgIpc) is 3.33. The van der Waals surface area contributed by atoms with Gasteiger partial charge in [-0.2, -0.15) is 0 Å². The fourth-order valence-corrected chi connectivity index (χ4v) is 5.10. The minimum absolute atomic E-state index is 0.248. The van der Waals surface area contributed by atoms with Gasteiger partial charge in [-0.05, 0) is 63.7 Å². The zero-order valence-electron chi connectivity index (χ0n) is 18.7. The Balaban J connectivity index is 1.12. The number of aryl methyl sites for hydroxylation is 2. The zero-order valence-corrected chi connectivity index (χ0v) is 18.7. The first kappa shape index (κ1) is 21.5. The highest BCUT2D eigenvalue weighted by Gasteiger charge is 2.25. The Bertz CT molecular complexity index is 706. The van der Waals surface area contributed by atoms with Gasteiger partial charge in [-0.3, -0.25) is 0 Å². The van der Waals surface area contributed by atoms with Crippen molar-refractivity contribution in [3.63, 3.8) is 0 Å². The second-order valence-corrected chi connectivity index (χ2v) is 9.46. The highest BCUT2D eigenvalue weighted by atomic mass is 16.3. The first-order valence-electron chi connectivity index (χ1n) is 11.6. The quantitative estimate of drug-likeness (QED) is 0.713. The Morgan fingerprint density at radius 3 is 1.53 bits per heavy atom. The highest BCUT2D eigenvalue weighted by molar-refractivity contribution is 4.95. The van der Waals surface area contributed by atoms with Crippen molar-refractivity contribution in [3.05, 3.63) is 36.4 Å². The molecule has 0 atom stereocenters. The van der Waals surface area contributed by atoms with Crippen LogP contribution in [0.4, 0.5) is 0 Å². The maximum Gasteiger partial charge on any atom is 0.108 e. The van der Waals surface area contributed by atoms with Crippen molar-refractivity contribution >= 4 is 0 Å². The molecule has 4 rings (SSSR count). The minimum atomic E-state index is -0.248. The summed E-state index contributed by atoms with van der Waals surface area (Å²) in [5.74, 6) is 3.83. The molecule has 0 aromatic carbocycles. The lowest BCUT2D eigenvalue weighted by Gasteiger charge is -2.36. The smallest absolute Gasteiger partial charge is 0.108 e. The number of likely N-dealkylation sites (tertiary alicyclic amines) is 2. The van der Waals surface area contributed by atoms with E-state index in [0.717, 1.165) is 63.9 Å². The number of nitrogens with zero attached hydrogens (tertiary/aromatic N) is 6. The molecule has 166 valence electrons. The topological polar surface area (TPSA) is 62.4 Å². The van der Waals surface area contributed by atoms with Crippen LogP contribution in [0.3, 0.4) is 0 Å². The van der Waals surface area contributed by atoms with Crippen LogP contribution in [0.1, 0.15) is 37.3 Å². The molecule has 4 heterocycles. The van der Waals surface area contributed by atoms with Crippen LogP contribution in [-0.4, -0.2) is 79.4 Å². The van der Waals surface area contributed by atoms with Gasteiger partial charge in [-0.25, -0.2) is 9.97 Å². The Morgan fingerprint density at radius 1 is 0.800 bits per heavy atom. The van der Waals surface area contributed by atoms with Crippen molar-refractivity contribution in [1.29, 1.82) is 0 Å². The van der Waals surface area contributed by atoms with Gasteiger partial charge < -0.3 is 24.0 Å². The summed E-state index contributed by atoms with van der Waals surface area (Å²) < 4.78 is 4.27. The van der Waals surface area contributed by atoms with E-state index in [1.54, 1.807) is 0 Å². The number of imidazole rings is 2. The Hall–Kier alpha value is -1.70. The van der Waals surface area contributed by atoms with Crippen LogP contribution in [0.5, 0.6) is 0 Å². The van der Waals surface area contributed by atoms with Gasteiger partial charge in [0.05, 0.1) is 6.10 Å². The highest BCUT2D eigenvalue weighted by Crippen LogP contribution is 2.23. The number of rotatable bonds is 8. The average molecular weight is 415 g/mol. The summed E-state index contributed by atoms with van der Waals surface area (Å²) >= 11 is 0. The molecule has 0 bridgehead atoms. The fourth-order valence-electron chi connectivity index (χ4n) is 5.10. The zero-order chi connectivity index (χ0) is 20.9. The second-order valence-electron chi connectivity index (χ2n) is 9.46. The molecule has 2 aliphatic heterocycles. The van der Waals surface area contributed by atoms with Crippen LogP contribution in [0.25, 0.3) is 0 Å². The molecule has 2 aromatic rings. The van der Waals surface area contributed by atoms with Gasteiger partial charge in [0.2, 0.25) is 0 Å². The maximum atomic E-state index is 10.7. The van der Waals surface area contributed by atoms with Crippen molar-refractivity contribution in [3.8, 4) is 0 Å². The third-order valence-electron chi connectivity index (χ3n) is 7.14. The number of aromatic nitrogens is 4. The lowest BCUT2D eigenvalue weighted by Crippen LogP contribution is -2.45. The van der Waals surface area contributed by atoms with Gasteiger partial charge in [0, 0.05) is 64.8 Å². The van der Waals surface area contributed by atoms with E-state index >= 15 is 0 Å². The number of hydrogen-bond acceptors (Lipinski definition) is 5. The van der Waals surface area contributed by atoms with Crippen LogP contribution in [0.15, 0.2) is 24.8 Å². The van der Waals surface area contributed by atoms with Crippen molar-refractivity contribution < 1.29 is 5.11 Å². The molecule has 0 aliphatic carbocycles. The molecule has 2 saturated heterocycles. The summed E-state index contributed by atoms with van der Waals surface area (Å²) in [7, 11) is 4.16. The summed E-state index contributed by atoms with van der Waals surface area (Å²) in [6.07, 6.45) is 14.6. The molecular weight excluding hydrogens is 376 g/mol. The van der Waals surface area contributed by atoms with E-state index in [2.05, 4.69) is 43.0 Å². The van der Waals surface area contributed by atoms with E-state index in [-0.39, 0.29) is 6.10 Å². The van der Waals surface area contributed by atoms with Gasteiger partial charge in [0.1, 0.15) is 11.6 Å². The van der Waals surface area contributed by atoms with Gasteiger partial charge in [-0.15, -0.1) is 0 Å². The largest absolute Gasteiger partial charge is 0.390 e. The second kappa shape index (κ2) is 10.1. The first-order chi connectivity index (χ1) is 14.6. The third kappa shape index (κ3) is 5.71. The van der Waals surface area contributed by atoms with E-state index < -0.39 is 0 Å². The predicted octanol–water partition coefficient (Wildman–Crippen LogP) is 1.72. The van der Waals surface area contributed by atoms with E-state index in [1.165, 1.54) is 37.3 Å². The number of aliphatic hydroxyl groups excluding tert-OH is 1. The molecule has 0 amide bonds. The Labute approximate surface area is 180 Å². The SMILES string of the molecule is Cn1ccnc1CC1CCN(CC(O)CN2CCC(Cc3nccn3C)CC2)CC1. The summed E-state index contributed by atoms with van der Waals surface area (Å²) in [6, 6.07) is 0. The lowest BCUT2D eigenvalue weighted by molar-refractivity contribution is 0.0491. The summed E-state index contributed by atoms with van der Waals surface area (Å²) in [5, 5.41) is 10.7. The molecule has 0 saturated carbocycles. The predicted molar refractivity (Wildman–Crippen MR) is 118 cm³/mol. The molecule has 2 aromatic heterocycles. The first-order valence-corrected chi connectivity index (χ1v) is 11.6. The van der Waals surface area contributed by atoms with Crippen LogP contribution in [-0.2, 0) is 26.9 Å². The van der Waals surface area contributed by atoms with Gasteiger partial charge in [0.15, 0.2) is 0 Å². The van der Waals surface area contributed by atoms with Gasteiger partial charge >= 0.3 is 0 Å². The Kier molecular flexibility index (Phi) is 7.23. The molecule has 7 nitrogen and oxygen atoms in total. The molecular formula is C23H38N6O. The summed E-state index contributed by atoms with van der Waals surface area (Å²) in [4.78, 5) is 13.8. The maximum absolute atomic E-state index is 10.7. The van der Waals surface area contributed by atoms with Crippen LogP contribution in [0.2, 0.25) is 0 Å². The summed E-state index contributed by atoms with van der Waals surface area (Å²) in [5.41, 5.74) is 0. The number of aliphatic hydroxyl groups is 1. The number of β-amino-alcohol motifs (C(OH)–C–C–N with tert-alkyl or cyclic N) is 1. The molecule has 0 unspecified atom stereocenters. The lowest BCUT2D eigenvalue weighted by atomic mass is 9.92. The molecule has 2 fully saturated rings.